The molecule has 1 aromatic rings. The van der Waals surface area contributed by atoms with E-state index < -0.39 is 11.6 Å². The first-order chi connectivity index (χ1) is 9.99. The number of carbonyl (C=O) groups excluding carboxylic acids is 2. The van der Waals surface area contributed by atoms with Gasteiger partial charge in [0.2, 0.25) is 0 Å². The van der Waals surface area contributed by atoms with Gasteiger partial charge in [-0.25, -0.2) is 4.79 Å². The Morgan fingerprint density at radius 1 is 1.19 bits per heavy atom. The van der Waals surface area contributed by atoms with Crippen LogP contribution in [0.25, 0.3) is 0 Å². The van der Waals surface area contributed by atoms with Gasteiger partial charge in [-0.1, -0.05) is 11.1 Å². The lowest BCUT2D eigenvalue weighted by atomic mass is 9.82. The van der Waals surface area contributed by atoms with Crippen LogP contribution in [0, 0.1) is 0 Å². The SMILES string of the molecule is COc1ccc(C(=O)O[C@@]2(C=O)CCC(C)=C(C)C2)cc1. The highest BCUT2D eigenvalue weighted by Gasteiger charge is 2.37. The third-order valence-electron chi connectivity index (χ3n) is 4.05. The summed E-state index contributed by atoms with van der Waals surface area (Å²) in [7, 11) is 1.56. The van der Waals surface area contributed by atoms with Gasteiger partial charge in [0.15, 0.2) is 11.9 Å². The molecule has 1 atom stereocenters. The summed E-state index contributed by atoms with van der Waals surface area (Å²) < 4.78 is 10.6. The second-order valence-corrected chi connectivity index (χ2v) is 5.54. The van der Waals surface area contributed by atoms with Crippen molar-refractivity contribution in [2.75, 3.05) is 7.11 Å². The predicted molar refractivity (Wildman–Crippen MR) is 79.4 cm³/mol. The third-order valence-corrected chi connectivity index (χ3v) is 4.05. The van der Waals surface area contributed by atoms with Crippen molar-refractivity contribution in [3.8, 4) is 5.75 Å². The van der Waals surface area contributed by atoms with Crippen LogP contribution in [0.1, 0.15) is 43.5 Å². The second-order valence-electron chi connectivity index (χ2n) is 5.54. The number of aldehydes is 1. The molecular formula is C17H20O4. The number of allylic oxidation sites excluding steroid dienone is 1. The molecule has 0 bridgehead atoms. The minimum absolute atomic E-state index is 0.418. The van der Waals surface area contributed by atoms with Crippen molar-refractivity contribution in [1.82, 2.24) is 0 Å². The fourth-order valence-corrected chi connectivity index (χ4v) is 2.48. The summed E-state index contributed by atoms with van der Waals surface area (Å²) in [6, 6.07) is 6.66. The van der Waals surface area contributed by atoms with Gasteiger partial charge >= 0.3 is 5.97 Å². The van der Waals surface area contributed by atoms with Crippen LogP contribution in [0.15, 0.2) is 35.4 Å². The Balaban J connectivity index is 2.15. The molecule has 2 rings (SSSR count). The van der Waals surface area contributed by atoms with Gasteiger partial charge in [0, 0.05) is 6.42 Å². The molecule has 0 aromatic heterocycles. The molecule has 112 valence electrons. The number of carbonyl (C=O) groups is 2. The second kappa shape index (κ2) is 6.12. The van der Waals surface area contributed by atoms with Gasteiger partial charge in [0.1, 0.15) is 5.75 Å². The Labute approximate surface area is 124 Å². The number of ether oxygens (including phenoxy) is 2. The lowest BCUT2D eigenvalue weighted by molar-refractivity contribution is -0.126. The smallest absolute Gasteiger partial charge is 0.339 e. The maximum Gasteiger partial charge on any atom is 0.339 e. The van der Waals surface area contributed by atoms with E-state index >= 15 is 0 Å². The van der Waals surface area contributed by atoms with Crippen molar-refractivity contribution >= 4 is 12.3 Å². The maximum absolute atomic E-state index is 12.2. The molecule has 0 aliphatic heterocycles. The molecule has 0 heterocycles. The van der Waals surface area contributed by atoms with Crippen LogP contribution in [-0.4, -0.2) is 25.0 Å². The average Bonchev–Trinajstić information content (AvgIpc) is 2.51. The molecule has 0 spiro atoms. The summed E-state index contributed by atoms with van der Waals surface area (Å²) in [6.45, 7) is 4.03. The summed E-state index contributed by atoms with van der Waals surface area (Å²) in [5.41, 5.74) is 1.78. The van der Waals surface area contributed by atoms with E-state index in [1.165, 1.54) is 5.57 Å². The first-order valence-electron chi connectivity index (χ1n) is 6.98. The van der Waals surface area contributed by atoms with Crippen LogP contribution in [0.5, 0.6) is 5.75 Å². The van der Waals surface area contributed by atoms with Gasteiger partial charge in [-0.2, -0.15) is 0 Å². The Kier molecular flexibility index (Phi) is 4.46. The molecule has 21 heavy (non-hydrogen) atoms. The maximum atomic E-state index is 12.2. The predicted octanol–water partition coefficient (Wildman–Crippen LogP) is 3.31. The van der Waals surface area contributed by atoms with E-state index in [0.717, 1.165) is 18.3 Å². The van der Waals surface area contributed by atoms with E-state index in [1.54, 1.807) is 31.4 Å². The number of esters is 1. The number of rotatable bonds is 4. The zero-order valence-corrected chi connectivity index (χ0v) is 12.6. The Bertz CT molecular complexity index is 571. The molecule has 0 fully saturated rings. The Morgan fingerprint density at radius 3 is 2.38 bits per heavy atom. The van der Waals surface area contributed by atoms with Crippen LogP contribution in [0.4, 0.5) is 0 Å². The van der Waals surface area contributed by atoms with Gasteiger partial charge < -0.3 is 9.47 Å². The van der Waals surface area contributed by atoms with Gasteiger partial charge in [0.05, 0.1) is 12.7 Å². The molecule has 4 heteroatoms. The van der Waals surface area contributed by atoms with Gasteiger partial charge in [-0.3, -0.25) is 4.79 Å². The molecule has 0 radical (unpaired) electrons. The normalized spacial score (nSPS) is 21.9. The Hall–Kier alpha value is -2.10. The topological polar surface area (TPSA) is 52.6 Å². The zero-order valence-electron chi connectivity index (χ0n) is 12.6. The first kappa shape index (κ1) is 15.3. The fourth-order valence-electron chi connectivity index (χ4n) is 2.48. The summed E-state index contributed by atoms with van der Waals surface area (Å²) in [5.74, 6) is 0.195. The van der Waals surface area contributed by atoms with Crippen molar-refractivity contribution in [1.29, 1.82) is 0 Å². The molecule has 0 amide bonds. The summed E-state index contributed by atoms with van der Waals surface area (Å²) in [4.78, 5) is 23.7. The number of hydrogen-bond donors (Lipinski definition) is 0. The summed E-state index contributed by atoms with van der Waals surface area (Å²) >= 11 is 0. The molecule has 0 N–H and O–H groups in total. The van der Waals surface area contributed by atoms with Crippen LogP contribution in [0.2, 0.25) is 0 Å². The number of benzene rings is 1. The lowest BCUT2D eigenvalue weighted by Gasteiger charge is -2.33. The molecule has 0 saturated heterocycles. The zero-order chi connectivity index (χ0) is 15.5. The minimum atomic E-state index is -1.03. The number of methoxy groups -OCH3 is 1. The molecule has 1 aromatic carbocycles. The lowest BCUT2D eigenvalue weighted by Crippen LogP contribution is -2.39. The van der Waals surface area contributed by atoms with Crippen molar-refractivity contribution in [3.63, 3.8) is 0 Å². The van der Waals surface area contributed by atoms with Crippen molar-refractivity contribution in [2.24, 2.45) is 0 Å². The minimum Gasteiger partial charge on any atom is -0.497 e. The number of hydrogen-bond acceptors (Lipinski definition) is 4. The standard InChI is InChI=1S/C17H20O4/c1-12-8-9-17(11-18,10-13(12)2)21-16(19)14-4-6-15(20-3)7-5-14/h4-7,11H,8-10H2,1-3H3/t17-/m0/s1. The highest BCUT2D eigenvalue weighted by atomic mass is 16.6. The highest BCUT2D eigenvalue weighted by molar-refractivity contribution is 5.91. The van der Waals surface area contributed by atoms with E-state index in [1.807, 2.05) is 6.92 Å². The third kappa shape index (κ3) is 3.32. The Morgan fingerprint density at radius 2 is 1.86 bits per heavy atom. The van der Waals surface area contributed by atoms with E-state index in [2.05, 4.69) is 6.92 Å². The molecule has 0 saturated carbocycles. The molecular weight excluding hydrogens is 268 g/mol. The average molecular weight is 288 g/mol. The summed E-state index contributed by atoms with van der Waals surface area (Å²) in [5, 5.41) is 0. The molecule has 1 aliphatic carbocycles. The van der Waals surface area contributed by atoms with E-state index in [-0.39, 0.29) is 0 Å². The van der Waals surface area contributed by atoms with E-state index in [9.17, 15) is 9.59 Å². The molecule has 4 nitrogen and oxygen atoms in total. The van der Waals surface area contributed by atoms with Crippen molar-refractivity contribution < 1.29 is 19.1 Å². The molecule has 1 aliphatic rings. The van der Waals surface area contributed by atoms with Crippen LogP contribution in [-0.2, 0) is 9.53 Å². The van der Waals surface area contributed by atoms with E-state index in [0.29, 0.717) is 24.2 Å². The quantitative estimate of drug-likeness (QED) is 0.484. The van der Waals surface area contributed by atoms with Crippen molar-refractivity contribution in [3.05, 3.63) is 41.0 Å². The molecule has 0 unspecified atom stereocenters. The largest absolute Gasteiger partial charge is 0.497 e. The van der Waals surface area contributed by atoms with Gasteiger partial charge in [-0.05, 0) is 51.0 Å². The van der Waals surface area contributed by atoms with Crippen LogP contribution in [0.3, 0.4) is 0 Å². The first-order valence-corrected chi connectivity index (χ1v) is 6.98. The van der Waals surface area contributed by atoms with E-state index in [4.69, 9.17) is 9.47 Å². The van der Waals surface area contributed by atoms with Gasteiger partial charge in [0.25, 0.3) is 0 Å². The van der Waals surface area contributed by atoms with Crippen LogP contribution >= 0.6 is 0 Å². The van der Waals surface area contributed by atoms with Gasteiger partial charge in [-0.15, -0.1) is 0 Å². The highest BCUT2D eigenvalue weighted by Crippen LogP contribution is 2.34. The summed E-state index contributed by atoms with van der Waals surface area (Å²) in [6.07, 6.45) is 2.57. The van der Waals surface area contributed by atoms with Crippen molar-refractivity contribution in [2.45, 2.75) is 38.7 Å². The van der Waals surface area contributed by atoms with Crippen LogP contribution < -0.4 is 4.74 Å². The monoisotopic (exact) mass is 288 g/mol. The fraction of sp³-hybridized carbons (Fsp3) is 0.412.